The molecule has 0 bridgehead atoms. The standard InChI is InChI=1S/C16H25NO2S/c1-16(2,3)13-7-9-15(10-8-13)20(4,19)17-11-5-6-14(18)12-17/h7-10,14,18H,4-6,11-12H2,1-3H3. The number of hydrogen-bond donors (Lipinski definition) is 1. The van der Waals surface area contributed by atoms with Gasteiger partial charge >= 0.3 is 0 Å². The molecule has 2 unspecified atom stereocenters. The first kappa shape index (κ1) is 15.5. The largest absolute Gasteiger partial charge is 0.392 e. The van der Waals surface area contributed by atoms with E-state index in [1.165, 1.54) is 5.56 Å². The molecule has 1 aromatic carbocycles. The summed E-state index contributed by atoms with van der Waals surface area (Å²) in [5, 5.41) is 9.75. The molecule has 112 valence electrons. The zero-order valence-corrected chi connectivity index (χ0v) is 13.4. The Bertz CT molecular complexity index is 555. The molecule has 1 aromatic rings. The van der Waals surface area contributed by atoms with Gasteiger partial charge in [-0.1, -0.05) is 32.9 Å². The van der Waals surface area contributed by atoms with Gasteiger partial charge in [0.2, 0.25) is 0 Å². The minimum atomic E-state index is -2.48. The summed E-state index contributed by atoms with van der Waals surface area (Å²) < 4.78 is 14.8. The smallest absolute Gasteiger partial charge is 0.0677 e. The van der Waals surface area contributed by atoms with Crippen LogP contribution in [0.3, 0.4) is 0 Å². The highest BCUT2D eigenvalue weighted by Crippen LogP contribution is 2.25. The second-order valence-electron chi connectivity index (χ2n) is 6.60. The molecule has 0 aliphatic carbocycles. The highest BCUT2D eigenvalue weighted by molar-refractivity contribution is 7.98. The zero-order chi connectivity index (χ0) is 15.0. The minimum absolute atomic E-state index is 0.0852. The fraction of sp³-hybridized carbons (Fsp3) is 0.562. The molecule has 1 aliphatic rings. The summed E-state index contributed by atoms with van der Waals surface area (Å²) in [4.78, 5) is 0.750. The van der Waals surface area contributed by atoms with Crippen LogP contribution in [0.2, 0.25) is 0 Å². The summed E-state index contributed by atoms with van der Waals surface area (Å²) in [6, 6.07) is 7.88. The van der Waals surface area contributed by atoms with Gasteiger partial charge in [0.05, 0.1) is 15.8 Å². The van der Waals surface area contributed by atoms with Crippen LogP contribution in [0.5, 0.6) is 0 Å². The van der Waals surface area contributed by atoms with Gasteiger partial charge < -0.3 is 5.11 Å². The van der Waals surface area contributed by atoms with E-state index >= 15 is 0 Å². The number of piperidine rings is 1. The van der Waals surface area contributed by atoms with Gasteiger partial charge in [0.15, 0.2) is 0 Å². The Morgan fingerprint density at radius 2 is 1.90 bits per heavy atom. The molecule has 1 N–H and O–H groups in total. The summed E-state index contributed by atoms with van der Waals surface area (Å²) in [5.41, 5.74) is 1.30. The maximum absolute atomic E-state index is 13.0. The Kier molecular flexibility index (Phi) is 4.28. The lowest BCUT2D eigenvalue weighted by molar-refractivity contribution is 0.110. The van der Waals surface area contributed by atoms with Gasteiger partial charge in [-0.3, -0.25) is 0 Å². The minimum Gasteiger partial charge on any atom is -0.392 e. The zero-order valence-electron chi connectivity index (χ0n) is 12.6. The van der Waals surface area contributed by atoms with Crippen LogP contribution in [-0.4, -0.2) is 38.7 Å². The fourth-order valence-corrected chi connectivity index (χ4v) is 4.20. The lowest BCUT2D eigenvalue weighted by Crippen LogP contribution is -2.41. The lowest BCUT2D eigenvalue weighted by Gasteiger charge is -2.32. The number of aliphatic hydroxyl groups is 1. The Morgan fingerprint density at radius 1 is 1.30 bits per heavy atom. The van der Waals surface area contributed by atoms with Gasteiger partial charge in [-0.15, -0.1) is 0 Å². The molecule has 0 aromatic heterocycles. The first-order valence-electron chi connectivity index (χ1n) is 7.12. The molecule has 1 aliphatic heterocycles. The van der Waals surface area contributed by atoms with Gasteiger partial charge in [-0.25, -0.2) is 8.51 Å². The molecule has 0 spiro atoms. The number of β-amino-alcohol motifs (C(OH)–C–C–N with tert-alkyl or cyclic N) is 1. The average Bonchev–Trinajstić information content (AvgIpc) is 2.38. The highest BCUT2D eigenvalue weighted by Gasteiger charge is 2.25. The van der Waals surface area contributed by atoms with Crippen molar-refractivity contribution in [1.82, 2.24) is 4.31 Å². The van der Waals surface area contributed by atoms with E-state index in [9.17, 15) is 9.32 Å². The van der Waals surface area contributed by atoms with Crippen LogP contribution in [-0.2, 0) is 15.1 Å². The molecule has 1 saturated heterocycles. The average molecular weight is 295 g/mol. The quantitative estimate of drug-likeness (QED) is 0.851. The molecule has 0 saturated carbocycles. The summed E-state index contributed by atoms with van der Waals surface area (Å²) >= 11 is 0. The number of benzene rings is 1. The topological polar surface area (TPSA) is 40.5 Å². The predicted molar refractivity (Wildman–Crippen MR) is 85.5 cm³/mol. The Morgan fingerprint density at radius 3 is 2.40 bits per heavy atom. The van der Waals surface area contributed by atoms with E-state index in [2.05, 4.69) is 26.6 Å². The van der Waals surface area contributed by atoms with Crippen molar-refractivity contribution in [3.63, 3.8) is 0 Å². The third-order valence-electron chi connectivity index (χ3n) is 3.86. The molecular weight excluding hydrogens is 270 g/mol. The highest BCUT2D eigenvalue weighted by atomic mass is 32.2. The maximum atomic E-state index is 13.0. The molecule has 1 fully saturated rings. The van der Waals surface area contributed by atoms with Gasteiger partial charge in [-0.05, 0) is 41.8 Å². The Balaban J connectivity index is 2.26. The number of aliphatic hydroxyl groups excluding tert-OH is 1. The maximum Gasteiger partial charge on any atom is 0.0677 e. The van der Waals surface area contributed by atoms with Crippen molar-refractivity contribution in [1.29, 1.82) is 0 Å². The van der Waals surface area contributed by atoms with E-state index in [1.807, 2.05) is 28.6 Å². The molecule has 2 rings (SSSR count). The van der Waals surface area contributed by atoms with E-state index in [1.54, 1.807) is 0 Å². The molecule has 0 radical (unpaired) electrons. The van der Waals surface area contributed by atoms with E-state index in [0.717, 1.165) is 24.3 Å². The predicted octanol–water partition coefficient (Wildman–Crippen LogP) is 2.43. The molecule has 4 heteroatoms. The van der Waals surface area contributed by atoms with Crippen molar-refractivity contribution in [2.75, 3.05) is 13.1 Å². The number of rotatable bonds is 2. The number of nitrogens with zero attached hydrogens (tertiary/aromatic N) is 1. The summed E-state index contributed by atoms with van der Waals surface area (Å²) in [6.45, 7) is 7.66. The summed E-state index contributed by atoms with van der Waals surface area (Å²) in [6.07, 6.45) is 1.27. The van der Waals surface area contributed by atoms with Gasteiger partial charge in [0.25, 0.3) is 0 Å². The fourth-order valence-electron chi connectivity index (χ4n) is 2.51. The van der Waals surface area contributed by atoms with Gasteiger partial charge in [0, 0.05) is 18.0 Å². The van der Waals surface area contributed by atoms with Crippen molar-refractivity contribution in [2.45, 2.75) is 50.0 Å². The van der Waals surface area contributed by atoms with Crippen LogP contribution in [0.15, 0.2) is 29.2 Å². The van der Waals surface area contributed by atoms with Crippen LogP contribution in [0.1, 0.15) is 39.2 Å². The van der Waals surface area contributed by atoms with Crippen LogP contribution in [0.4, 0.5) is 0 Å². The van der Waals surface area contributed by atoms with E-state index in [-0.39, 0.29) is 11.5 Å². The normalized spacial score (nSPS) is 24.3. The van der Waals surface area contributed by atoms with Crippen molar-refractivity contribution in [3.05, 3.63) is 29.8 Å². The van der Waals surface area contributed by atoms with Crippen molar-refractivity contribution >= 4 is 15.6 Å². The van der Waals surface area contributed by atoms with E-state index < -0.39 is 9.71 Å². The second-order valence-corrected chi connectivity index (χ2v) is 8.87. The van der Waals surface area contributed by atoms with Crippen LogP contribution in [0, 0.1) is 0 Å². The molecule has 1 heterocycles. The van der Waals surface area contributed by atoms with Crippen molar-refractivity contribution in [3.8, 4) is 0 Å². The second kappa shape index (κ2) is 5.51. The van der Waals surface area contributed by atoms with Gasteiger partial charge in [-0.2, -0.15) is 0 Å². The summed E-state index contributed by atoms with van der Waals surface area (Å²) in [5.74, 6) is 3.93. The lowest BCUT2D eigenvalue weighted by atomic mass is 9.87. The number of hydrogen-bond acceptors (Lipinski definition) is 2. The van der Waals surface area contributed by atoms with Crippen molar-refractivity contribution in [2.24, 2.45) is 0 Å². The molecule has 20 heavy (non-hydrogen) atoms. The van der Waals surface area contributed by atoms with E-state index in [4.69, 9.17) is 0 Å². The van der Waals surface area contributed by atoms with Crippen LogP contribution >= 0.6 is 0 Å². The molecule has 2 atom stereocenters. The summed E-state index contributed by atoms with van der Waals surface area (Å²) in [7, 11) is -2.48. The van der Waals surface area contributed by atoms with Crippen LogP contribution < -0.4 is 0 Å². The SMILES string of the molecule is C=S(=O)(c1ccc(C(C)(C)C)cc1)N1CCCC(O)C1. The Hall–Kier alpha value is -0.840. The third-order valence-corrected chi connectivity index (χ3v) is 6.04. The van der Waals surface area contributed by atoms with Gasteiger partial charge in [0.1, 0.15) is 0 Å². The monoisotopic (exact) mass is 295 g/mol. The molecule has 3 nitrogen and oxygen atoms in total. The molecular formula is C16H25NO2S. The Labute approximate surface area is 122 Å². The molecule has 0 amide bonds. The first-order chi connectivity index (χ1) is 9.21. The van der Waals surface area contributed by atoms with Crippen molar-refractivity contribution < 1.29 is 9.32 Å². The van der Waals surface area contributed by atoms with E-state index in [0.29, 0.717) is 6.54 Å². The first-order valence-corrected chi connectivity index (χ1v) is 8.80. The van der Waals surface area contributed by atoms with Crippen LogP contribution in [0.25, 0.3) is 0 Å². The third kappa shape index (κ3) is 3.25.